The van der Waals surface area contributed by atoms with Gasteiger partial charge in [-0.3, -0.25) is 14.6 Å². The van der Waals surface area contributed by atoms with Crippen molar-refractivity contribution >= 4 is 39.3 Å². The fourth-order valence-corrected chi connectivity index (χ4v) is 4.64. The van der Waals surface area contributed by atoms with E-state index in [0.29, 0.717) is 27.4 Å². The number of hydrogen-bond donors (Lipinski definition) is 1. The fraction of sp³-hybridized carbons (Fsp3) is 0.182. The van der Waals surface area contributed by atoms with Crippen molar-refractivity contribution in [1.82, 2.24) is 10.3 Å². The van der Waals surface area contributed by atoms with Crippen molar-refractivity contribution in [3.05, 3.63) is 86.3 Å². The second-order valence-electron chi connectivity index (χ2n) is 6.52. The van der Waals surface area contributed by atoms with Crippen LogP contribution in [0.5, 0.6) is 0 Å². The summed E-state index contributed by atoms with van der Waals surface area (Å²) in [5.41, 5.74) is 3.01. The van der Waals surface area contributed by atoms with Crippen molar-refractivity contribution in [3.63, 3.8) is 0 Å². The molecule has 0 fully saturated rings. The smallest absolute Gasteiger partial charge is 0.173 e. The van der Waals surface area contributed by atoms with Crippen LogP contribution in [0.25, 0.3) is 0 Å². The summed E-state index contributed by atoms with van der Waals surface area (Å²) >= 11 is 4.64. The maximum atomic E-state index is 12.6. The molecule has 3 rings (SSSR count). The molecule has 146 valence electrons. The third kappa shape index (κ3) is 4.66. The first-order valence-electron chi connectivity index (χ1n) is 8.86. The van der Waals surface area contributed by atoms with Crippen LogP contribution in [0.1, 0.15) is 35.7 Å². The number of nitrogens with zero attached hydrogens (tertiary/aromatic N) is 2. The summed E-state index contributed by atoms with van der Waals surface area (Å²) in [6.07, 6.45) is 3.31. The number of Topliss-reactive ketones (excluding diaryl/α,β-unsaturated/α-hetero) is 2. The lowest BCUT2D eigenvalue weighted by atomic mass is 9.81. The van der Waals surface area contributed by atoms with E-state index >= 15 is 0 Å². The van der Waals surface area contributed by atoms with Crippen LogP contribution in [-0.4, -0.2) is 22.3 Å². The van der Waals surface area contributed by atoms with E-state index in [1.807, 2.05) is 25.1 Å². The average molecular weight is 468 g/mol. The van der Waals surface area contributed by atoms with Crippen molar-refractivity contribution in [2.45, 2.75) is 19.8 Å². The highest BCUT2D eigenvalue weighted by molar-refractivity contribution is 9.10. The van der Waals surface area contributed by atoms with Gasteiger partial charge in [-0.25, -0.2) is 0 Å². The monoisotopic (exact) mass is 467 g/mol. The number of dihydropyridines is 1. The van der Waals surface area contributed by atoms with Crippen molar-refractivity contribution < 1.29 is 9.59 Å². The van der Waals surface area contributed by atoms with Crippen molar-refractivity contribution in [1.29, 1.82) is 5.26 Å². The highest BCUT2D eigenvalue weighted by Gasteiger charge is 2.33. The number of nitriles is 1. The lowest BCUT2D eigenvalue weighted by molar-refractivity contribution is -0.113. The normalized spacial score (nSPS) is 16.3. The molecule has 1 N–H and O–H groups in total. The quantitative estimate of drug-likeness (QED) is 0.617. The zero-order chi connectivity index (χ0) is 21.0. The minimum absolute atomic E-state index is 0.0418. The predicted molar refractivity (Wildman–Crippen MR) is 117 cm³/mol. The Kier molecular flexibility index (Phi) is 6.68. The molecule has 0 spiro atoms. The minimum Gasteiger partial charge on any atom is -0.353 e. The maximum Gasteiger partial charge on any atom is 0.173 e. The molecule has 0 radical (unpaired) electrons. The SMILES string of the molecule is CC(=O)C1=C(C)NC(SCC(=O)c2cccc(Br)c2)=C(C#N)[C@@H]1c1cccnc1. The third-order valence-electron chi connectivity index (χ3n) is 4.54. The van der Waals surface area contributed by atoms with Gasteiger partial charge in [-0.05, 0) is 37.6 Å². The van der Waals surface area contributed by atoms with Crippen LogP contribution in [0, 0.1) is 11.3 Å². The Hall–Kier alpha value is -2.69. The average Bonchev–Trinajstić information content (AvgIpc) is 2.71. The van der Waals surface area contributed by atoms with E-state index in [4.69, 9.17) is 0 Å². The highest BCUT2D eigenvalue weighted by Crippen LogP contribution is 2.40. The topological polar surface area (TPSA) is 82.9 Å². The number of rotatable bonds is 6. The molecular formula is C22H18BrN3O2S. The van der Waals surface area contributed by atoms with E-state index in [9.17, 15) is 14.9 Å². The van der Waals surface area contributed by atoms with Crippen LogP contribution in [0.15, 0.2) is 75.1 Å². The first-order chi connectivity index (χ1) is 13.9. The number of allylic oxidation sites excluding steroid dienone is 3. The summed E-state index contributed by atoms with van der Waals surface area (Å²) in [6, 6.07) is 13.1. The molecule has 1 aromatic heterocycles. The second kappa shape index (κ2) is 9.21. The number of carbonyl (C=O) groups excluding carboxylic acids is 2. The van der Waals surface area contributed by atoms with Gasteiger partial charge in [-0.2, -0.15) is 5.26 Å². The van der Waals surface area contributed by atoms with Crippen LogP contribution < -0.4 is 5.32 Å². The van der Waals surface area contributed by atoms with Gasteiger partial charge in [0.05, 0.1) is 28.3 Å². The molecule has 1 atom stereocenters. The van der Waals surface area contributed by atoms with E-state index in [1.54, 1.807) is 30.6 Å². The zero-order valence-corrected chi connectivity index (χ0v) is 18.3. The first-order valence-corrected chi connectivity index (χ1v) is 10.6. The lowest BCUT2D eigenvalue weighted by Gasteiger charge is -2.29. The van der Waals surface area contributed by atoms with Crippen LogP contribution in [0.3, 0.4) is 0 Å². The van der Waals surface area contributed by atoms with Crippen LogP contribution >= 0.6 is 27.7 Å². The lowest BCUT2D eigenvalue weighted by Crippen LogP contribution is -2.27. The predicted octanol–water partition coefficient (Wildman–Crippen LogP) is 4.75. The van der Waals surface area contributed by atoms with Gasteiger partial charge in [0.2, 0.25) is 0 Å². The third-order valence-corrected chi connectivity index (χ3v) is 6.05. The summed E-state index contributed by atoms with van der Waals surface area (Å²) in [4.78, 5) is 29.1. The molecule has 7 heteroatoms. The summed E-state index contributed by atoms with van der Waals surface area (Å²) < 4.78 is 0.836. The molecule has 0 saturated carbocycles. The molecule has 1 aliphatic heterocycles. The minimum atomic E-state index is -0.504. The Morgan fingerprint density at radius 1 is 1.31 bits per heavy atom. The Balaban J connectivity index is 1.94. The Morgan fingerprint density at radius 3 is 2.72 bits per heavy atom. The molecule has 29 heavy (non-hydrogen) atoms. The van der Waals surface area contributed by atoms with Crippen LogP contribution in [0.2, 0.25) is 0 Å². The molecular weight excluding hydrogens is 450 g/mol. The van der Waals surface area contributed by atoms with Crippen LogP contribution in [-0.2, 0) is 4.79 Å². The standard InChI is InChI=1S/C22H18BrN3O2S/c1-13-20(14(2)27)21(16-6-4-8-25-11-16)18(10-24)22(26-13)29-12-19(28)15-5-3-7-17(23)9-15/h3-9,11,21,26H,12H2,1-2H3/t21-/m0/s1. The number of halogens is 1. The number of carbonyl (C=O) groups is 2. The molecule has 5 nitrogen and oxygen atoms in total. The number of hydrogen-bond acceptors (Lipinski definition) is 6. The summed E-state index contributed by atoms with van der Waals surface area (Å²) in [5.74, 6) is -0.478. The largest absolute Gasteiger partial charge is 0.353 e. The van der Waals surface area contributed by atoms with E-state index in [1.165, 1.54) is 18.7 Å². The molecule has 0 amide bonds. The van der Waals surface area contributed by atoms with Crippen molar-refractivity contribution in [2.24, 2.45) is 0 Å². The highest BCUT2D eigenvalue weighted by atomic mass is 79.9. The summed E-state index contributed by atoms with van der Waals surface area (Å²) in [6.45, 7) is 3.30. The van der Waals surface area contributed by atoms with Crippen LogP contribution in [0.4, 0.5) is 0 Å². The fourth-order valence-electron chi connectivity index (χ4n) is 3.26. The van der Waals surface area contributed by atoms with E-state index in [-0.39, 0.29) is 17.3 Å². The van der Waals surface area contributed by atoms with Gasteiger partial charge in [0, 0.05) is 33.7 Å². The number of nitrogens with one attached hydrogen (secondary N) is 1. The van der Waals surface area contributed by atoms with Crippen molar-refractivity contribution in [2.75, 3.05) is 5.75 Å². The van der Waals surface area contributed by atoms with Gasteiger partial charge < -0.3 is 5.32 Å². The number of pyridine rings is 1. The Bertz CT molecular complexity index is 1070. The maximum absolute atomic E-state index is 12.6. The van der Waals surface area contributed by atoms with Gasteiger partial charge in [-0.15, -0.1) is 0 Å². The number of benzene rings is 1. The molecule has 0 bridgehead atoms. The summed E-state index contributed by atoms with van der Waals surface area (Å²) in [5, 5.41) is 13.6. The molecule has 0 aliphatic carbocycles. The molecule has 0 unspecified atom stereocenters. The van der Waals surface area contributed by atoms with E-state index < -0.39 is 5.92 Å². The van der Waals surface area contributed by atoms with Gasteiger partial charge in [0.25, 0.3) is 0 Å². The van der Waals surface area contributed by atoms with Gasteiger partial charge in [0.15, 0.2) is 11.6 Å². The molecule has 1 aromatic carbocycles. The molecule has 1 aliphatic rings. The Morgan fingerprint density at radius 2 is 2.10 bits per heavy atom. The summed E-state index contributed by atoms with van der Waals surface area (Å²) in [7, 11) is 0. The van der Waals surface area contributed by atoms with E-state index in [0.717, 1.165) is 10.0 Å². The Labute approximate surface area is 182 Å². The first kappa shape index (κ1) is 21.0. The van der Waals surface area contributed by atoms with E-state index in [2.05, 4.69) is 32.3 Å². The zero-order valence-electron chi connectivity index (χ0n) is 15.9. The number of ketones is 2. The molecule has 2 heterocycles. The number of thioether (sulfide) groups is 1. The van der Waals surface area contributed by atoms with Crippen molar-refractivity contribution in [3.8, 4) is 6.07 Å². The van der Waals surface area contributed by atoms with Gasteiger partial charge >= 0.3 is 0 Å². The second-order valence-corrected chi connectivity index (χ2v) is 8.42. The number of aromatic nitrogens is 1. The molecule has 0 saturated heterocycles. The van der Waals surface area contributed by atoms with Gasteiger partial charge in [-0.1, -0.05) is 45.9 Å². The van der Waals surface area contributed by atoms with Gasteiger partial charge in [0.1, 0.15) is 0 Å². The molecule has 2 aromatic rings.